The molecule has 3 rings (SSSR count). The van der Waals surface area contributed by atoms with E-state index in [-0.39, 0.29) is 12.1 Å². The third-order valence-corrected chi connectivity index (χ3v) is 4.32. The first kappa shape index (κ1) is 15.7. The molecule has 0 radical (unpaired) electrons. The Morgan fingerprint density at radius 1 is 1.26 bits per heavy atom. The number of methoxy groups -OCH3 is 1. The quantitative estimate of drug-likeness (QED) is 0.867. The van der Waals surface area contributed by atoms with Crippen molar-refractivity contribution in [1.82, 2.24) is 5.32 Å². The van der Waals surface area contributed by atoms with E-state index in [4.69, 9.17) is 16.3 Å². The molecule has 0 aliphatic heterocycles. The molecule has 0 bridgehead atoms. The van der Waals surface area contributed by atoms with E-state index < -0.39 is 0 Å². The van der Waals surface area contributed by atoms with Crippen LogP contribution in [0, 0.1) is 0 Å². The number of carbonyl (C=O) groups excluding carboxylic acids is 1. The number of ether oxygens (including phenoxy) is 1. The lowest BCUT2D eigenvalue weighted by molar-refractivity contribution is 0.247. The van der Waals surface area contributed by atoms with Crippen LogP contribution in [0.15, 0.2) is 42.5 Å². The zero-order valence-electron chi connectivity index (χ0n) is 12.9. The van der Waals surface area contributed by atoms with Gasteiger partial charge in [-0.05, 0) is 48.6 Å². The lowest BCUT2D eigenvalue weighted by Gasteiger charge is -2.26. The summed E-state index contributed by atoms with van der Waals surface area (Å²) in [5, 5.41) is 6.41. The van der Waals surface area contributed by atoms with Crippen LogP contribution in [0.25, 0.3) is 0 Å². The molecule has 0 fully saturated rings. The van der Waals surface area contributed by atoms with Crippen LogP contribution in [-0.2, 0) is 6.42 Å². The van der Waals surface area contributed by atoms with E-state index in [1.807, 2.05) is 12.1 Å². The number of urea groups is 1. The van der Waals surface area contributed by atoms with Crippen LogP contribution < -0.4 is 15.4 Å². The average molecular weight is 331 g/mol. The minimum Gasteiger partial charge on any atom is -0.495 e. The highest BCUT2D eigenvalue weighted by molar-refractivity contribution is 6.31. The van der Waals surface area contributed by atoms with E-state index in [0.717, 1.165) is 19.3 Å². The molecule has 23 heavy (non-hydrogen) atoms. The van der Waals surface area contributed by atoms with Gasteiger partial charge in [-0.2, -0.15) is 0 Å². The Morgan fingerprint density at radius 2 is 2.09 bits per heavy atom. The highest BCUT2D eigenvalue weighted by Crippen LogP contribution is 2.30. The molecule has 1 aliphatic rings. The van der Waals surface area contributed by atoms with Crippen molar-refractivity contribution in [3.05, 3.63) is 58.6 Å². The van der Waals surface area contributed by atoms with Crippen molar-refractivity contribution in [2.45, 2.75) is 25.3 Å². The number of hydrogen-bond acceptors (Lipinski definition) is 2. The molecule has 2 N–H and O–H groups in total. The lowest BCUT2D eigenvalue weighted by Crippen LogP contribution is -2.34. The maximum absolute atomic E-state index is 12.3. The van der Waals surface area contributed by atoms with Gasteiger partial charge in [-0.25, -0.2) is 4.79 Å². The topological polar surface area (TPSA) is 50.4 Å². The third kappa shape index (κ3) is 3.59. The lowest BCUT2D eigenvalue weighted by atomic mass is 9.88. The molecule has 1 atom stereocenters. The Kier molecular flexibility index (Phi) is 4.72. The van der Waals surface area contributed by atoms with Crippen LogP contribution in [0.4, 0.5) is 10.5 Å². The summed E-state index contributed by atoms with van der Waals surface area (Å²) in [6.45, 7) is 0. The Labute approximate surface area is 140 Å². The van der Waals surface area contributed by atoms with Gasteiger partial charge in [-0.15, -0.1) is 0 Å². The second-order valence-corrected chi connectivity index (χ2v) is 6.02. The molecule has 0 spiro atoms. The molecule has 2 amide bonds. The summed E-state index contributed by atoms with van der Waals surface area (Å²) >= 11 is 5.99. The van der Waals surface area contributed by atoms with E-state index in [0.29, 0.717) is 16.5 Å². The van der Waals surface area contributed by atoms with E-state index in [2.05, 4.69) is 22.8 Å². The van der Waals surface area contributed by atoms with E-state index in [1.165, 1.54) is 11.1 Å². The molecule has 0 aromatic heterocycles. The molecular weight excluding hydrogens is 312 g/mol. The Hall–Kier alpha value is -2.20. The number of hydrogen-bond donors (Lipinski definition) is 2. The summed E-state index contributed by atoms with van der Waals surface area (Å²) in [5.74, 6) is 0.577. The molecule has 0 saturated heterocycles. The molecule has 0 saturated carbocycles. The molecule has 2 aromatic carbocycles. The molecular formula is C18H19ClN2O2. The van der Waals surface area contributed by atoms with Crippen LogP contribution >= 0.6 is 11.6 Å². The van der Waals surface area contributed by atoms with Gasteiger partial charge in [-0.1, -0.05) is 35.9 Å². The molecule has 0 unspecified atom stereocenters. The fourth-order valence-corrected chi connectivity index (χ4v) is 3.17. The van der Waals surface area contributed by atoms with Crippen molar-refractivity contribution in [2.75, 3.05) is 12.4 Å². The van der Waals surface area contributed by atoms with Gasteiger partial charge in [0, 0.05) is 5.02 Å². The summed E-state index contributed by atoms with van der Waals surface area (Å²) in [5.41, 5.74) is 3.07. The van der Waals surface area contributed by atoms with Crippen molar-refractivity contribution in [3.63, 3.8) is 0 Å². The van der Waals surface area contributed by atoms with Crippen LogP contribution in [0.5, 0.6) is 5.75 Å². The van der Waals surface area contributed by atoms with Gasteiger partial charge in [0.15, 0.2) is 0 Å². The Balaban J connectivity index is 1.73. The fraction of sp³-hybridized carbons (Fsp3) is 0.278. The first-order valence-electron chi connectivity index (χ1n) is 7.66. The van der Waals surface area contributed by atoms with E-state index in [1.54, 1.807) is 25.3 Å². The number of carbonyl (C=O) groups is 1. The number of anilines is 1. The van der Waals surface area contributed by atoms with Crippen molar-refractivity contribution in [2.24, 2.45) is 0 Å². The normalized spacial score (nSPS) is 16.3. The van der Waals surface area contributed by atoms with Crippen molar-refractivity contribution >= 4 is 23.3 Å². The molecule has 2 aromatic rings. The largest absolute Gasteiger partial charge is 0.495 e. The summed E-state index contributed by atoms with van der Waals surface area (Å²) in [6.07, 6.45) is 3.08. The first-order valence-corrected chi connectivity index (χ1v) is 8.04. The number of nitrogens with one attached hydrogen (secondary N) is 2. The summed E-state index contributed by atoms with van der Waals surface area (Å²) in [6, 6.07) is 13.2. The fourth-order valence-electron chi connectivity index (χ4n) is 3.00. The monoisotopic (exact) mass is 330 g/mol. The van der Waals surface area contributed by atoms with Gasteiger partial charge in [0.05, 0.1) is 18.8 Å². The van der Waals surface area contributed by atoms with Gasteiger partial charge < -0.3 is 15.4 Å². The molecule has 4 nitrogen and oxygen atoms in total. The molecule has 1 aliphatic carbocycles. The number of aryl methyl sites for hydroxylation is 1. The molecule has 120 valence electrons. The first-order chi connectivity index (χ1) is 11.2. The highest BCUT2D eigenvalue weighted by Gasteiger charge is 2.21. The van der Waals surface area contributed by atoms with Gasteiger partial charge in [0.1, 0.15) is 5.75 Å². The zero-order valence-corrected chi connectivity index (χ0v) is 13.7. The van der Waals surface area contributed by atoms with E-state index >= 15 is 0 Å². The number of halogens is 1. The van der Waals surface area contributed by atoms with Crippen LogP contribution in [-0.4, -0.2) is 13.1 Å². The van der Waals surface area contributed by atoms with Gasteiger partial charge in [-0.3, -0.25) is 0 Å². The smallest absolute Gasteiger partial charge is 0.319 e. The Morgan fingerprint density at radius 3 is 2.91 bits per heavy atom. The average Bonchev–Trinajstić information content (AvgIpc) is 2.55. The minimum absolute atomic E-state index is 0.0325. The predicted molar refractivity (Wildman–Crippen MR) is 92.3 cm³/mol. The predicted octanol–water partition coefficient (Wildman–Crippen LogP) is 4.55. The molecule has 0 heterocycles. The molecule has 5 heteroatoms. The third-order valence-electron chi connectivity index (χ3n) is 4.08. The highest BCUT2D eigenvalue weighted by atomic mass is 35.5. The van der Waals surface area contributed by atoms with Crippen molar-refractivity contribution in [3.8, 4) is 5.75 Å². The standard InChI is InChI=1S/C18H19ClN2O2/c1-23-17-10-9-13(19)11-16(17)21-18(22)20-15-8-4-6-12-5-2-3-7-14(12)15/h2-3,5,7,9-11,15H,4,6,8H2,1H3,(H2,20,21,22)/t15-/m1/s1. The van der Waals surface area contributed by atoms with Gasteiger partial charge >= 0.3 is 6.03 Å². The van der Waals surface area contributed by atoms with Crippen LogP contribution in [0.2, 0.25) is 5.02 Å². The number of rotatable bonds is 3. The van der Waals surface area contributed by atoms with E-state index in [9.17, 15) is 4.79 Å². The zero-order chi connectivity index (χ0) is 16.2. The number of fused-ring (bicyclic) bond motifs is 1. The second kappa shape index (κ2) is 6.92. The summed E-state index contributed by atoms with van der Waals surface area (Å²) in [7, 11) is 1.56. The van der Waals surface area contributed by atoms with Crippen LogP contribution in [0.1, 0.15) is 30.0 Å². The van der Waals surface area contributed by atoms with Crippen molar-refractivity contribution in [1.29, 1.82) is 0 Å². The number of benzene rings is 2. The minimum atomic E-state index is -0.257. The SMILES string of the molecule is COc1ccc(Cl)cc1NC(=O)N[C@@H]1CCCc2ccccc21. The second-order valence-electron chi connectivity index (χ2n) is 5.59. The Bertz CT molecular complexity index is 718. The number of amides is 2. The maximum atomic E-state index is 12.3. The van der Waals surface area contributed by atoms with Gasteiger partial charge in [0.25, 0.3) is 0 Å². The summed E-state index contributed by atoms with van der Waals surface area (Å²) < 4.78 is 5.25. The van der Waals surface area contributed by atoms with Crippen molar-refractivity contribution < 1.29 is 9.53 Å². The maximum Gasteiger partial charge on any atom is 0.319 e. The summed E-state index contributed by atoms with van der Waals surface area (Å²) in [4.78, 5) is 12.3. The van der Waals surface area contributed by atoms with Gasteiger partial charge in [0.2, 0.25) is 0 Å². The van der Waals surface area contributed by atoms with Crippen LogP contribution in [0.3, 0.4) is 0 Å².